The molecule has 18 heavy (non-hydrogen) atoms. The molecular formula is C14H8O4-. The summed E-state index contributed by atoms with van der Waals surface area (Å²) in [6.45, 7) is 0. The quantitative estimate of drug-likeness (QED) is 0.717. The van der Waals surface area contributed by atoms with Gasteiger partial charge in [-0.25, -0.2) is 0 Å². The maximum atomic E-state index is 12.2. The molecule has 0 aliphatic heterocycles. The van der Waals surface area contributed by atoms with Gasteiger partial charge in [0.25, 0.3) is 0 Å². The lowest BCUT2D eigenvalue weighted by Crippen LogP contribution is -2.28. The summed E-state index contributed by atoms with van der Waals surface area (Å²) in [5, 5.41) is 31.6. The van der Waals surface area contributed by atoms with Crippen LogP contribution in [0.5, 0.6) is 11.5 Å². The zero-order valence-electron chi connectivity index (χ0n) is 9.18. The highest BCUT2D eigenvalue weighted by Gasteiger charge is 2.29. The standard InChI is InChI=1S/C14H8O4/c15-9-5-1-3-7-11(9)14(18)12-8(13(7)17)4-2-6-10(12)16/h1-6,15-16H/q-1. The fraction of sp³-hybridized carbons (Fsp3) is 0. The lowest BCUT2D eigenvalue weighted by Gasteiger charge is -2.32. The number of rotatable bonds is 0. The number of carbonyl (C=O) groups is 1. The maximum absolute atomic E-state index is 12.2. The van der Waals surface area contributed by atoms with Gasteiger partial charge in [0, 0.05) is 11.1 Å². The van der Waals surface area contributed by atoms with Gasteiger partial charge in [-0.15, -0.1) is 0 Å². The Balaban J connectivity index is 2.36. The van der Waals surface area contributed by atoms with Gasteiger partial charge in [-0.3, -0.25) is 4.79 Å². The van der Waals surface area contributed by atoms with E-state index in [1.807, 2.05) is 0 Å². The van der Waals surface area contributed by atoms with Crippen LogP contribution in [0.4, 0.5) is 0 Å². The molecule has 0 unspecified atom stereocenters. The van der Waals surface area contributed by atoms with Crippen molar-refractivity contribution in [2.24, 2.45) is 0 Å². The predicted octanol–water partition coefficient (Wildman–Crippen LogP) is 0.931. The summed E-state index contributed by atoms with van der Waals surface area (Å²) in [6, 6.07) is 8.68. The highest BCUT2D eigenvalue weighted by molar-refractivity contribution is 6.14. The molecule has 1 radical (unpaired) electrons. The normalized spacial score (nSPS) is 14.2. The first-order chi connectivity index (χ1) is 8.61. The first-order valence-electron chi connectivity index (χ1n) is 5.34. The summed E-state index contributed by atoms with van der Waals surface area (Å²) in [5.41, 5.74) is 0.240. The third-order valence-electron chi connectivity index (χ3n) is 3.03. The molecule has 4 heteroatoms. The van der Waals surface area contributed by atoms with Crippen LogP contribution in [-0.2, 0) is 0 Å². The van der Waals surface area contributed by atoms with Crippen molar-refractivity contribution in [2.75, 3.05) is 0 Å². The molecule has 2 N–H and O–H groups in total. The molecule has 0 heterocycles. The summed E-state index contributed by atoms with van der Waals surface area (Å²) in [5.74, 6) is -0.870. The minimum atomic E-state index is -0.532. The molecule has 3 rings (SSSR count). The number of carbonyl (C=O) groups excluding carboxylic acids is 1. The minimum absolute atomic E-state index is 0.0449. The average molecular weight is 240 g/mol. The number of benzene rings is 2. The van der Waals surface area contributed by atoms with E-state index < -0.39 is 6.10 Å². The number of phenolic OH excluding ortho intramolecular Hbond substituents is 2. The van der Waals surface area contributed by atoms with Gasteiger partial charge in [0.1, 0.15) is 11.5 Å². The van der Waals surface area contributed by atoms with E-state index in [0.717, 1.165) is 0 Å². The Hall–Kier alpha value is -2.33. The molecule has 0 fully saturated rings. The van der Waals surface area contributed by atoms with E-state index in [0.29, 0.717) is 0 Å². The van der Waals surface area contributed by atoms with E-state index in [2.05, 4.69) is 0 Å². The van der Waals surface area contributed by atoms with Crippen molar-refractivity contribution < 1.29 is 20.1 Å². The molecule has 0 aromatic heterocycles. The van der Waals surface area contributed by atoms with Crippen LogP contribution in [0.25, 0.3) is 0 Å². The van der Waals surface area contributed by atoms with Gasteiger partial charge in [-0.05, 0) is 23.3 Å². The number of aromatic hydroxyl groups is 2. The van der Waals surface area contributed by atoms with Crippen LogP contribution in [0.2, 0.25) is 0 Å². The van der Waals surface area contributed by atoms with E-state index in [1.54, 1.807) is 0 Å². The number of hydrogen-bond acceptors (Lipinski definition) is 4. The average Bonchev–Trinajstić information content (AvgIpc) is 2.35. The van der Waals surface area contributed by atoms with Gasteiger partial charge >= 0.3 is 0 Å². The largest absolute Gasteiger partial charge is 0.842 e. The van der Waals surface area contributed by atoms with Crippen molar-refractivity contribution in [3.8, 4) is 11.5 Å². The number of hydrogen-bond donors (Lipinski definition) is 2. The highest BCUT2D eigenvalue weighted by Crippen LogP contribution is 2.40. The Morgan fingerprint density at radius 3 is 1.72 bits per heavy atom. The maximum Gasteiger partial charge on any atom is 0.193 e. The van der Waals surface area contributed by atoms with Crippen LogP contribution in [0.15, 0.2) is 36.4 Å². The topological polar surface area (TPSA) is 80.6 Å². The second kappa shape index (κ2) is 3.58. The Morgan fingerprint density at radius 1 is 0.833 bits per heavy atom. The second-order valence-electron chi connectivity index (χ2n) is 4.06. The molecule has 2 aromatic carbocycles. The SMILES string of the molecule is O=C1c2cccc(O)c2[C]([O-])c2c(O)cccc21. The van der Waals surface area contributed by atoms with Crippen molar-refractivity contribution in [1.82, 2.24) is 0 Å². The minimum Gasteiger partial charge on any atom is -0.842 e. The summed E-state index contributed by atoms with van der Waals surface area (Å²) in [6.07, 6.45) is -0.532. The first kappa shape index (κ1) is 10.8. The molecule has 0 atom stereocenters. The van der Waals surface area contributed by atoms with E-state index in [1.165, 1.54) is 36.4 Å². The highest BCUT2D eigenvalue weighted by atomic mass is 16.3. The van der Waals surface area contributed by atoms with Gasteiger partial charge in [0.2, 0.25) is 0 Å². The zero-order valence-corrected chi connectivity index (χ0v) is 9.18. The van der Waals surface area contributed by atoms with Gasteiger partial charge in [0.05, 0.1) is 0 Å². The molecule has 1 aliphatic carbocycles. The Bertz CT molecular complexity index is 605. The van der Waals surface area contributed by atoms with Crippen molar-refractivity contribution in [2.45, 2.75) is 0 Å². The van der Waals surface area contributed by atoms with Crippen LogP contribution in [0.1, 0.15) is 27.0 Å². The molecule has 1 aliphatic rings. The lowest BCUT2D eigenvalue weighted by atomic mass is 9.82. The molecule has 89 valence electrons. The number of fused-ring (bicyclic) bond motifs is 2. The third kappa shape index (κ3) is 1.26. The zero-order chi connectivity index (χ0) is 12.9. The van der Waals surface area contributed by atoms with E-state index in [9.17, 15) is 20.1 Å². The van der Waals surface area contributed by atoms with Crippen molar-refractivity contribution in [1.29, 1.82) is 0 Å². The first-order valence-corrected chi connectivity index (χ1v) is 5.34. The molecule has 0 saturated heterocycles. The lowest BCUT2D eigenvalue weighted by molar-refractivity contribution is -0.334. The molecular weight excluding hydrogens is 232 g/mol. The van der Waals surface area contributed by atoms with Gasteiger partial charge in [0.15, 0.2) is 5.78 Å². The van der Waals surface area contributed by atoms with Crippen LogP contribution >= 0.6 is 0 Å². The smallest absolute Gasteiger partial charge is 0.193 e. The third-order valence-corrected chi connectivity index (χ3v) is 3.03. The second-order valence-corrected chi connectivity index (χ2v) is 4.06. The number of phenols is 2. The summed E-state index contributed by atoms with van der Waals surface area (Å²) >= 11 is 0. The van der Waals surface area contributed by atoms with Crippen molar-refractivity contribution in [3.05, 3.63) is 64.8 Å². The Labute approximate surface area is 103 Å². The van der Waals surface area contributed by atoms with Gasteiger partial charge < -0.3 is 15.3 Å². The summed E-state index contributed by atoms with van der Waals surface area (Å²) in [7, 11) is 0. The molecule has 0 bridgehead atoms. The van der Waals surface area contributed by atoms with E-state index in [4.69, 9.17) is 0 Å². The Morgan fingerprint density at radius 2 is 1.28 bits per heavy atom. The van der Waals surface area contributed by atoms with Gasteiger partial charge in [-0.2, -0.15) is 0 Å². The molecule has 2 aromatic rings. The van der Waals surface area contributed by atoms with Crippen molar-refractivity contribution >= 4 is 5.78 Å². The van der Waals surface area contributed by atoms with Crippen molar-refractivity contribution in [3.63, 3.8) is 0 Å². The van der Waals surface area contributed by atoms with E-state index in [-0.39, 0.29) is 39.5 Å². The molecule has 0 saturated carbocycles. The molecule has 4 nitrogen and oxygen atoms in total. The van der Waals surface area contributed by atoms with Crippen LogP contribution < -0.4 is 5.11 Å². The predicted molar refractivity (Wildman–Crippen MR) is 61.1 cm³/mol. The van der Waals surface area contributed by atoms with Crippen LogP contribution in [0, 0.1) is 6.10 Å². The van der Waals surface area contributed by atoms with Crippen LogP contribution in [-0.4, -0.2) is 16.0 Å². The van der Waals surface area contributed by atoms with E-state index >= 15 is 0 Å². The summed E-state index contributed by atoms with van der Waals surface area (Å²) in [4.78, 5) is 12.2. The van der Waals surface area contributed by atoms with Crippen LogP contribution in [0.3, 0.4) is 0 Å². The Kier molecular flexibility index (Phi) is 2.15. The summed E-state index contributed by atoms with van der Waals surface area (Å²) < 4.78 is 0. The fourth-order valence-electron chi connectivity index (χ4n) is 2.21. The van der Waals surface area contributed by atoms with Gasteiger partial charge in [-0.1, -0.05) is 30.4 Å². The molecule has 0 amide bonds. The monoisotopic (exact) mass is 240 g/mol. The number of ketones is 1. The fourth-order valence-corrected chi connectivity index (χ4v) is 2.21. The molecule has 0 spiro atoms.